The Labute approximate surface area is 47.8 Å². The molecule has 0 spiro atoms. The Morgan fingerprint density at radius 3 is 2.88 bits per heavy atom. The van der Waals surface area contributed by atoms with Gasteiger partial charge in [0.25, 0.3) is 0 Å². The lowest BCUT2D eigenvalue weighted by atomic mass is 10.1. The second-order valence-corrected chi connectivity index (χ2v) is 2.02. The molecule has 8 heavy (non-hydrogen) atoms. The van der Waals surface area contributed by atoms with Crippen LogP contribution in [0.3, 0.4) is 0 Å². The molecule has 1 saturated heterocycles. The van der Waals surface area contributed by atoms with E-state index in [1.807, 2.05) is 0 Å². The first kappa shape index (κ1) is 5.72. The monoisotopic (exact) mass is 115 g/mol. The van der Waals surface area contributed by atoms with E-state index >= 15 is 0 Å². The van der Waals surface area contributed by atoms with E-state index in [-0.39, 0.29) is 18.4 Å². The molecule has 1 fully saturated rings. The Morgan fingerprint density at radius 2 is 2.50 bits per heavy atom. The second kappa shape index (κ2) is 2.24. The van der Waals surface area contributed by atoms with E-state index in [4.69, 9.17) is 10.5 Å². The fourth-order valence-corrected chi connectivity index (χ4v) is 0.734. The smallest absolute Gasteiger partial charge is 0.160 e. The van der Waals surface area contributed by atoms with Gasteiger partial charge in [-0.15, -0.1) is 0 Å². The Hall–Kier alpha value is -0.410. The summed E-state index contributed by atoms with van der Waals surface area (Å²) in [6.45, 7) is 0.791. The summed E-state index contributed by atoms with van der Waals surface area (Å²) in [7, 11) is 0. The minimum absolute atomic E-state index is 0.0590. The third kappa shape index (κ3) is 1.28. The van der Waals surface area contributed by atoms with Crippen LogP contribution in [-0.4, -0.2) is 25.0 Å². The third-order valence-electron chi connectivity index (χ3n) is 1.08. The van der Waals surface area contributed by atoms with Gasteiger partial charge in [-0.1, -0.05) is 0 Å². The number of ether oxygens (including phenoxy) is 1. The van der Waals surface area contributed by atoms with Gasteiger partial charge in [0.15, 0.2) is 5.78 Å². The Kier molecular flexibility index (Phi) is 1.60. The van der Waals surface area contributed by atoms with E-state index < -0.39 is 0 Å². The number of carbonyl (C=O) groups excluding carboxylic acids is 1. The maximum Gasteiger partial charge on any atom is 0.160 e. The highest BCUT2D eigenvalue weighted by Crippen LogP contribution is 1.98. The zero-order valence-corrected chi connectivity index (χ0v) is 4.59. The van der Waals surface area contributed by atoms with E-state index in [0.717, 1.165) is 0 Å². The number of hydrogen-bond acceptors (Lipinski definition) is 3. The minimum Gasteiger partial charge on any atom is -0.372 e. The first-order chi connectivity index (χ1) is 3.79. The molecule has 0 saturated carbocycles. The molecule has 2 N–H and O–H groups in total. The van der Waals surface area contributed by atoms with Gasteiger partial charge in [0.2, 0.25) is 0 Å². The number of ketones is 1. The molecule has 1 rings (SSSR count). The molecule has 0 bridgehead atoms. The summed E-state index contributed by atoms with van der Waals surface area (Å²) >= 11 is 0. The molecule has 0 aromatic rings. The summed E-state index contributed by atoms with van der Waals surface area (Å²) in [6, 6.07) is -0.0590. The summed E-state index contributed by atoms with van der Waals surface area (Å²) < 4.78 is 4.82. The van der Waals surface area contributed by atoms with Crippen LogP contribution >= 0.6 is 0 Å². The minimum atomic E-state index is -0.0590. The number of carbonyl (C=O) groups is 1. The van der Waals surface area contributed by atoms with Crippen molar-refractivity contribution in [1.82, 2.24) is 0 Å². The van der Waals surface area contributed by atoms with Gasteiger partial charge in [-0.05, 0) is 0 Å². The largest absolute Gasteiger partial charge is 0.372 e. The van der Waals surface area contributed by atoms with Crippen LogP contribution in [0.2, 0.25) is 0 Å². The molecular weight excluding hydrogens is 106 g/mol. The van der Waals surface area contributed by atoms with Crippen molar-refractivity contribution in [2.24, 2.45) is 5.73 Å². The zero-order valence-electron chi connectivity index (χ0n) is 4.59. The molecule has 0 aromatic heterocycles. The van der Waals surface area contributed by atoms with Crippen LogP contribution in [0.4, 0.5) is 0 Å². The van der Waals surface area contributed by atoms with Crippen LogP contribution in [0, 0.1) is 0 Å². The van der Waals surface area contributed by atoms with Gasteiger partial charge in [0.1, 0.15) is 6.61 Å². The van der Waals surface area contributed by atoms with Gasteiger partial charge in [-0.25, -0.2) is 0 Å². The van der Waals surface area contributed by atoms with Crippen molar-refractivity contribution in [2.75, 3.05) is 13.2 Å². The quantitative estimate of drug-likeness (QED) is 0.454. The topological polar surface area (TPSA) is 52.3 Å². The molecule has 1 heterocycles. The first-order valence-corrected chi connectivity index (χ1v) is 2.64. The lowest BCUT2D eigenvalue weighted by Gasteiger charge is -2.15. The molecule has 0 amide bonds. The number of nitrogens with two attached hydrogens (primary N) is 1. The summed E-state index contributed by atoms with van der Waals surface area (Å²) in [5.41, 5.74) is 5.38. The third-order valence-corrected chi connectivity index (χ3v) is 1.08. The van der Waals surface area contributed by atoms with Crippen molar-refractivity contribution >= 4 is 5.78 Å². The highest BCUT2D eigenvalue weighted by molar-refractivity contribution is 5.80. The number of Topliss-reactive ketones (excluding diaryl/α,β-unsaturated/α-hetero) is 1. The first-order valence-electron chi connectivity index (χ1n) is 2.64. The van der Waals surface area contributed by atoms with Crippen LogP contribution in [-0.2, 0) is 9.53 Å². The van der Waals surface area contributed by atoms with Crippen molar-refractivity contribution in [3.05, 3.63) is 0 Å². The van der Waals surface area contributed by atoms with Crippen LogP contribution in [0.25, 0.3) is 0 Å². The van der Waals surface area contributed by atoms with E-state index in [2.05, 4.69) is 0 Å². The molecule has 1 atom stereocenters. The lowest BCUT2D eigenvalue weighted by molar-refractivity contribution is -0.127. The summed E-state index contributed by atoms with van der Waals surface area (Å²) in [4.78, 5) is 10.5. The van der Waals surface area contributed by atoms with Crippen LogP contribution < -0.4 is 5.73 Å². The van der Waals surface area contributed by atoms with Gasteiger partial charge in [-0.2, -0.15) is 0 Å². The molecule has 3 heteroatoms. The molecule has 46 valence electrons. The Morgan fingerprint density at radius 1 is 1.75 bits per heavy atom. The number of hydrogen-bond donors (Lipinski definition) is 1. The summed E-state index contributed by atoms with van der Waals surface area (Å²) in [6.07, 6.45) is 0.486. The van der Waals surface area contributed by atoms with E-state index in [1.165, 1.54) is 0 Å². The highest BCUT2D eigenvalue weighted by Gasteiger charge is 2.15. The fourth-order valence-electron chi connectivity index (χ4n) is 0.734. The van der Waals surface area contributed by atoms with Crippen molar-refractivity contribution in [3.8, 4) is 0 Å². The van der Waals surface area contributed by atoms with Gasteiger partial charge >= 0.3 is 0 Å². The van der Waals surface area contributed by atoms with Gasteiger partial charge in [0, 0.05) is 12.5 Å². The molecule has 0 aromatic carbocycles. The predicted molar refractivity (Wildman–Crippen MR) is 28.4 cm³/mol. The fraction of sp³-hybridized carbons (Fsp3) is 0.800. The van der Waals surface area contributed by atoms with Crippen LogP contribution in [0.5, 0.6) is 0 Å². The summed E-state index contributed by atoms with van der Waals surface area (Å²) in [5, 5.41) is 0. The van der Waals surface area contributed by atoms with Crippen molar-refractivity contribution in [1.29, 1.82) is 0 Å². The predicted octanol–water partition coefficient (Wildman–Crippen LogP) is -0.697. The van der Waals surface area contributed by atoms with Gasteiger partial charge in [-0.3, -0.25) is 4.79 Å². The average Bonchev–Trinajstić information content (AvgIpc) is 1.64. The lowest BCUT2D eigenvalue weighted by Crippen LogP contribution is -2.35. The molecule has 0 aliphatic carbocycles. The van der Waals surface area contributed by atoms with Crippen molar-refractivity contribution < 1.29 is 9.53 Å². The molecule has 0 radical (unpaired) electrons. The van der Waals surface area contributed by atoms with Crippen molar-refractivity contribution in [3.63, 3.8) is 0 Å². The Bertz CT molecular complexity index is 103. The number of rotatable bonds is 0. The normalized spacial score (nSPS) is 30.6. The van der Waals surface area contributed by atoms with Crippen LogP contribution in [0.1, 0.15) is 6.42 Å². The van der Waals surface area contributed by atoms with E-state index in [0.29, 0.717) is 13.0 Å². The van der Waals surface area contributed by atoms with Crippen molar-refractivity contribution in [2.45, 2.75) is 12.5 Å². The molecule has 1 aliphatic heterocycles. The molecule has 1 aliphatic rings. The maximum absolute atomic E-state index is 10.5. The Balaban J connectivity index is 2.34. The van der Waals surface area contributed by atoms with Gasteiger partial charge in [0.05, 0.1) is 6.61 Å². The average molecular weight is 115 g/mol. The zero-order chi connectivity index (χ0) is 5.98. The maximum atomic E-state index is 10.5. The summed E-state index contributed by atoms with van der Waals surface area (Å²) in [5.74, 6) is 0.115. The second-order valence-electron chi connectivity index (χ2n) is 2.02. The van der Waals surface area contributed by atoms with Crippen LogP contribution in [0.15, 0.2) is 0 Å². The SMILES string of the molecule is NC1COCC(=O)C1. The van der Waals surface area contributed by atoms with Gasteiger partial charge < -0.3 is 10.5 Å². The highest BCUT2D eigenvalue weighted by atomic mass is 16.5. The molecule has 3 nitrogen and oxygen atoms in total. The van der Waals surface area contributed by atoms with E-state index in [9.17, 15) is 4.79 Å². The standard InChI is InChI=1S/C5H9NO2/c6-4-1-5(7)3-8-2-4/h4H,1-3,6H2. The molecule has 1 unspecified atom stereocenters. The molecular formula is C5H9NO2. The van der Waals surface area contributed by atoms with E-state index in [1.54, 1.807) is 0 Å².